The highest BCUT2D eigenvalue weighted by atomic mass is 16.4. The number of hydrogen-bond acceptors (Lipinski definition) is 5. The SMILES string of the molecule is CN1C=NC2(C)C1C(=O)N(CC(=O)O)C(=O)N2C. The second-order valence-electron chi connectivity index (χ2n) is 4.57. The molecular weight excluding hydrogens is 240 g/mol. The lowest BCUT2D eigenvalue weighted by Crippen LogP contribution is -2.70. The molecule has 2 aliphatic rings. The smallest absolute Gasteiger partial charge is 0.329 e. The Hall–Kier alpha value is -2.12. The van der Waals surface area contributed by atoms with Crippen molar-refractivity contribution < 1.29 is 19.5 Å². The van der Waals surface area contributed by atoms with E-state index in [-0.39, 0.29) is 0 Å². The minimum Gasteiger partial charge on any atom is -0.480 e. The quantitative estimate of drug-likeness (QED) is 0.684. The van der Waals surface area contributed by atoms with Gasteiger partial charge in [0.2, 0.25) is 0 Å². The summed E-state index contributed by atoms with van der Waals surface area (Å²) in [4.78, 5) is 42.7. The molecule has 0 aromatic heterocycles. The van der Waals surface area contributed by atoms with Crippen molar-refractivity contribution in [2.24, 2.45) is 4.99 Å². The summed E-state index contributed by atoms with van der Waals surface area (Å²) in [6.07, 6.45) is 1.48. The first-order chi connectivity index (χ1) is 8.29. The van der Waals surface area contributed by atoms with Gasteiger partial charge in [0.05, 0.1) is 6.34 Å². The van der Waals surface area contributed by atoms with Crippen LogP contribution in [0.2, 0.25) is 0 Å². The molecule has 98 valence electrons. The average Bonchev–Trinajstić information content (AvgIpc) is 2.59. The third kappa shape index (κ3) is 1.45. The molecule has 0 spiro atoms. The van der Waals surface area contributed by atoms with Gasteiger partial charge in [-0.25, -0.2) is 9.79 Å². The standard InChI is InChI=1S/C10H14N4O4/c1-10-7(12(2)5-11-10)8(17)14(4-6(15)16)9(18)13(10)3/h5,7H,4H2,1-3H3,(H,15,16). The minimum absolute atomic E-state index is 0.539. The highest BCUT2D eigenvalue weighted by Crippen LogP contribution is 2.33. The zero-order valence-corrected chi connectivity index (χ0v) is 10.3. The number of fused-ring (bicyclic) bond motifs is 1. The first kappa shape index (κ1) is 12.3. The second kappa shape index (κ2) is 3.69. The lowest BCUT2D eigenvalue weighted by atomic mass is 9.97. The molecule has 3 amide bonds. The van der Waals surface area contributed by atoms with Gasteiger partial charge in [-0.1, -0.05) is 0 Å². The number of rotatable bonds is 2. The molecule has 18 heavy (non-hydrogen) atoms. The van der Waals surface area contributed by atoms with E-state index in [9.17, 15) is 14.4 Å². The Balaban J connectivity index is 2.39. The van der Waals surface area contributed by atoms with Gasteiger partial charge in [0.25, 0.3) is 5.91 Å². The van der Waals surface area contributed by atoms with Gasteiger partial charge in [0.15, 0.2) is 11.7 Å². The third-order valence-electron chi connectivity index (χ3n) is 3.42. The van der Waals surface area contributed by atoms with Crippen molar-refractivity contribution in [3.05, 3.63) is 0 Å². The number of aliphatic imine (C=N–C) groups is 1. The fourth-order valence-electron chi connectivity index (χ4n) is 2.31. The highest BCUT2D eigenvalue weighted by molar-refractivity contribution is 6.04. The molecule has 0 bridgehead atoms. The number of carboxylic acids is 1. The molecule has 0 aromatic carbocycles. The number of carbonyl (C=O) groups excluding carboxylic acids is 2. The molecule has 8 heteroatoms. The summed E-state index contributed by atoms with van der Waals surface area (Å²) in [5.74, 6) is -1.77. The maximum atomic E-state index is 12.2. The number of urea groups is 1. The zero-order valence-electron chi connectivity index (χ0n) is 10.3. The van der Waals surface area contributed by atoms with Gasteiger partial charge in [-0.05, 0) is 6.92 Å². The summed E-state index contributed by atoms with van der Waals surface area (Å²) in [6.45, 7) is 1.04. The van der Waals surface area contributed by atoms with Gasteiger partial charge in [-0.2, -0.15) is 0 Å². The summed E-state index contributed by atoms with van der Waals surface area (Å²) in [6, 6.07) is -1.33. The van der Waals surface area contributed by atoms with E-state index in [0.717, 1.165) is 4.90 Å². The van der Waals surface area contributed by atoms with Crippen molar-refractivity contribution in [2.75, 3.05) is 20.6 Å². The Morgan fingerprint density at radius 1 is 1.50 bits per heavy atom. The molecule has 0 saturated carbocycles. The van der Waals surface area contributed by atoms with Crippen molar-refractivity contribution in [3.8, 4) is 0 Å². The molecule has 2 unspecified atom stereocenters. The van der Waals surface area contributed by atoms with E-state index in [1.165, 1.54) is 18.3 Å². The topological polar surface area (TPSA) is 93.5 Å². The number of carboxylic acid groups (broad SMARTS) is 1. The molecular formula is C10H14N4O4. The zero-order chi connectivity index (χ0) is 13.7. The van der Waals surface area contributed by atoms with Gasteiger partial charge in [0.1, 0.15) is 6.54 Å². The molecule has 2 heterocycles. The molecule has 1 fully saturated rings. The van der Waals surface area contributed by atoms with E-state index in [4.69, 9.17) is 5.11 Å². The van der Waals surface area contributed by atoms with Crippen LogP contribution in [0, 0.1) is 0 Å². The van der Waals surface area contributed by atoms with Crippen LogP contribution in [-0.2, 0) is 9.59 Å². The third-order valence-corrected chi connectivity index (χ3v) is 3.42. The molecule has 0 aliphatic carbocycles. The van der Waals surface area contributed by atoms with Crippen molar-refractivity contribution in [3.63, 3.8) is 0 Å². The Bertz CT molecular complexity index is 463. The molecule has 1 saturated heterocycles. The molecule has 2 aliphatic heterocycles. The number of aliphatic carboxylic acids is 1. The van der Waals surface area contributed by atoms with Crippen LogP contribution in [-0.4, -0.2) is 76.4 Å². The lowest BCUT2D eigenvalue weighted by molar-refractivity contribution is -0.148. The van der Waals surface area contributed by atoms with Gasteiger partial charge in [-0.15, -0.1) is 0 Å². The summed E-state index contributed by atoms with van der Waals surface area (Å²) in [7, 11) is 3.17. The summed E-state index contributed by atoms with van der Waals surface area (Å²) >= 11 is 0. The highest BCUT2D eigenvalue weighted by Gasteiger charge is 2.56. The lowest BCUT2D eigenvalue weighted by Gasteiger charge is -2.46. The number of imide groups is 1. The van der Waals surface area contributed by atoms with Crippen LogP contribution >= 0.6 is 0 Å². The minimum atomic E-state index is -1.23. The Kier molecular flexibility index (Phi) is 2.53. The van der Waals surface area contributed by atoms with Crippen molar-refractivity contribution in [1.29, 1.82) is 0 Å². The largest absolute Gasteiger partial charge is 0.480 e. The van der Waals surface area contributed by atoms with Gasteiger partial charge in [0, 0.05) is 14.1 Å². The van der Waals surface area contributed by atoms with Crippen LogP contribution in [0.5, 0.6) is 0 Å². The first-order valence-corrected chi connectivity index (χ1v) is 5.37. The molecule has 2 atom stereocenters. The molecule has 1 N–H and O–H groups in total. The van der Waals surface area contributed by atoms with Crippen molar-refractivity contribution >= 4 is 24.2 Å². The predicted molar refractivity (Wildman–Crippen MR) is 61.0 cm³/mol. The summed E-state index contributed by atoms with van der Waals surface area (Å²) in [5.41, 5.74) is -0.974. The van der Waals surface area contributed by atoms with Crippen molar-refractivity contribution in [2.45, 2.75) is 18.6 Å². The molecule has 0 aromatic rings. The van der Waals surface area contributed by atoms with Gasteiger partial charge < -0.3 is 14.9 Å². The maximum absolute atomic E-state index is 12.2. The average molecular weight is 254 g/mol. The Morgan fingerprint density at radius 2 is 2.11 bits per heavy atom. The number of nitrogens with zero attached hydrogens (tertiary/aromatic N) is 4. The Labute approximate surface area is 103 Å². The van der Waals surface area contributed by atoms with E-state index in [1.54, 1.807) is 18.9 Å². The van der Waals surface area contributed by atoms with Crippen LogP contribution in [0.25, 0.3) is 0 Å². The predicted octanol–water partition coefficient (Wildman–Crippen LogP) is -0.976. The summed E-state index contributed by atoms with van der Waals surface area (Å²) in [5, 5.41) is 8.75. The van der Waals surface area contributed by atoms with E-state index < -0.39 is 36.2 Å². The number of likely N-dealkylation sites (N-methyl/N-ethyl adjacent to an activating group) is 2. The molecule has 8 nitrogen and oxygen atoms in total. The maximum Gasteiger partial charge on any atom is 0.329 e. The number of carbonyl (C=O) groups is 3. The molecule has 2 rings (SSSR count). The number of amides is 3. The monoisotopic (exact) mass is 254 g/mol. The number of hydrogen-bond donors (Lipinski definition) is 1. The van der Waals surface area contributed by atoms with E-state index in [2.05, 4.69) is 4.99 Å². The van der Waals surface area contributed by atoms with Crippen LogP contribution in [0.15, 0.2) is 4.99 Å². The van der Waals surface area contributed by atoms with Crippen LogP contribution < -0.4 is 0 Å². The van der Waals surface area contributed by atoms with E-state index in [0.29, 0.717) is 0 Å². The fraction of sp³-hybridized carbons (Fsp3) is 0.600. The van der Waals surface area contributed by atoms with Crippen LogP contribution in [0.1, 0.15) is 6.92 Å². The van der Waals surface area contributed by atoms with Gasteiger partial charge in [-0.3, -0.25) is 14.5 Å². The van der Waals surface area contributed by atoms with E-state index >= 15 is 0 Å². The van der Waals surface area contributed by atoms with E-state index in [1.807, 2.05) is 0 Å². The second-order valence-corrected chi connectivity index (χ2v) is 4.57. The first-order valence-electron chi connectivity index (χ1n) is 5.37. The summed E-state index contributed by atoms with van der Waals surface area (Å²) < 4.78 is 0. The van der Waals surface area contributed by atoms with Crippen molar-refractivity contribution in [1.82, 2.24) is 14.7 Å². The van der Waals surface area contributed by atoms with Crippen LogP contribution in [0.4, 0.5) is 4.79 Å². The normalized spacial score (nSPS) is 31.1. The Morgan fingerprint density at radius 3 is 2.67 bits per heavy atom. The molecule has 0 radical (unpaired) electrons. The van der Waals surface area contributed by atoms with Gasteiger partial charge >= 0.3 is 12.0 Å². The van der Waals surface area contributed by atoms with Crippen LogP contribution in [0.3, 0.4) is 0 Å². The fourth-order valence-corrected chi connectivity index (χ4v) is 2.31.